The number of rotatable bonds is 13. The molecule has 4 saturated heterocycles. The lowest BCUT2D eigenvalue weighted by Crippen LogP contribution is -2.66. The van der Waals surface area contributed by atoms with Gasteiger partial charge in [-0.15, -0.1) is 0 Å². The van der Waals surface area contributed by atoms with Crippen LogP contribution in [0.1, 0.15) is 66.9 Å². The van der Waals surface area contributed by atoms with Crippen molar-refractivity contribution >= 4 is 41.6 Å². The molecule has 20 nitrogen and oxygen atoms in total. The van der Waals surface area contributed by atoms with Crippen molar-refractivity contribution in [3.05, 3.63) is 34.9 Å². The number of ether oxygens (including phenoxy) is 12. The molecule has 1 spiro atoms. The molecule has 5 heterocycles. The smallest absolute Gasteiger partial charge is 0.411 e. The summed E-state index contributed by atoms with van der Waals surface area (Å²) in [6, 6.07) is 4.52. The summed E-state index contributed by atoms with van der Waals surface area (Å²) in [6.45, 7) is 11.8. The van der Waals surface area contributed by atoms with Gasteiger partial charge >= 0.3 is 35.9 Å². The van der Waals surface area contributed by atoms with Crippen molar-refractivity contribution in [3.63, 3.8) is 0 Å². The van der Waals surface area contributed by atoms with Crippen molar-refractivity contribution in [3.8, 4) is 5.75 Å². The fraction of sp³-hybridized carbons (Fsp3) is 0.682. The zero-order valence-electron chi connectivity index (χ0n) is 36.9. The molecule has 8 aliphatic rings. The van der Waals surface area contributed by atoms with Crippen LogP contribution < -0.4 is 10.5 Å². The minimum atomic E-state index is -1.66. The lowest BCUT2D eigenvalue weighted by Gasteiger charge is -2.54. The Hall–Kier alpha value is -5.02. The van der Waals surface area contributed by atoms with E-state index in [4.69, 9.17) is 62.6 Å². The van der Waals surface area contributed by atoms with Crippen molar-refractivity contribution in [1.29, 1.82) is 0 Å². The second-order valence-electron chi connectivity index (χ2n) is 18.2. The number of hydrogen-bond acceptors (Lipinski definition) is 19. The zero-order chi connectivity index (χ0) is 45.8. The SMILES string of the molecule is CCN(CO[C@H]1C2[C@H]3O[C@H]3[C@H]3C4=C(CC[C@]3(C)[C@@]23O[C@H]3[C@@H]2O[C@]12C(C)C)C(=O)OC4)C(=O)OCc1ccc(O[C@@H]2OC(C(=O)OC)[C@@H](OC(C)=O)C(OC(C)=O)[C@@H]2OC(C)=O)c(N)c1. The normalized spacial score (nSPS) is 39.2. The highest BCUT2D eigenvalue weighted by Crippen LogP contribution is 2.79. The van der Waals surface area contributed by atoms with Crippen molar-refractivity contribution in [2.75, 3.05) is 32.7 Å². The maximum absolute atomic E-state index is 13.7. The van der Waals surface area contributed by atoms with Crippen LogP contribution in [0.3, 0.4) is 0 Å². The van der Waals surface area contributed by atoms with E-state index in [1.54, 1.807) is 6.07 Å². The summed E-state index contributed by atoms with van der Waals surface area (Å²) in [7, 11) is 1.08. The molecule has 1 aromatic rings. The Kier molecular flexibility index (Phi) is 10.9. The molecule has 0 bridgehead atoms. The van der Waals surface area contributed by atoms with Crippen LogP contribution in [0.5, 0.6) is 5.75 Å². The molecular formula is C44H54N2O18. The highest BCUT2D eigenvalue weighted by atomic mass is 16.7. The van der Waals surface area contributed by atoms with Gasteiger partial charge in [0.25, 0.3) is 0 Å². The van der Waals surface area contributed by atoms with Crippen molar-refractivity contribution < 1.29 is 85.6 Å². The largest absolute Gasteiger partial charge is 0.467 e. The van der Waals surface area contributed by atoms with E-state index in [0.29, 0.717) is 12.0 Å². The molecule has 64 heavy (non-hydrogen) atoms. The minimum Gasteiger partial charge on any atom is -0.467 e. The molecule has 0 radical (unpaired) electrons. The predicted octanol–water partition coefficient (Wildman–Crippen LogP) is 2.25. The molecule has 3 aliphatic carbocycles. The second kappa shape index (κ2) is 15.9. The summed E-state index contributed by atoms with van der Waals surface area (Å²) in [4.78, 5) is 77.0. The summed E-state index contributed by atoms with van der Waals surface area (Å²) in [6.07, 6.45) is -8.26. The van der Waals surface area contributed by atoms with Gasteiger partial charge in [-0.2, -0.15) is 0 Å². The van der Waals surface area contributed by atoms with Crippen LogP contribution in [0.25, 0.3) is 0 Å². The number of esters is 5. The van der Waals surface area contributed by atoms with Crippen LogP contribution in [0.4, 0.5) is 10.5 Å². The van der Waals surface area contributed by atoms with Crippen LogP contribution in [-0.4, -0.2) is 140 Å². The van der Waals surface area contributed by atoms with E-state index in [1.165, 1.54) is 17.0 Å². The molecule has 3 unspecified atom stereocenters. The number of epoxide rings is 3. The summed E-state index contributed by atoms with van der Waals surface area (Å²) in [5.74, 6) is -3.82. The first-order valence-electron chi connectivity index (χ1n) is 21.6. The lowest BCUT2D eigenvalue weighted by molar-refractivity contribution is -0.282. The molecule has 348 valence electrons. The number of nitrogens with two attached hydrogens (primary N) is 1. The standard InChI is InChI=1S/C44H54N2O18/c1-9-46(17-56-35-28-30-29(61-30)27-24-16-54-38(50)23(24)12-13-42(27,7)44(28)37(64-44)36-43(35,63-36)18(2)3)41(52)55-15-22-10-11-26(25(45)14-22)60-40-34(59-21(6)49)32(58-20(5)48)31(57-19(4)47)33(62-40)39(51)53-8/h10-11,14,18,27-37,40H,9,12-13,15-17,45H2,1-8H3/t27-,28?,29+,30-,31+,32?,33?,34+,35+,36+,37+,40-,42+,43-,44-/m1/s1. The molecule has 9 rings (SSSR count). The zero-order valence-corrected chi connectivity index (χ0v) is 36.9. The number of hydrogen-bond donors (Lipinski definition) is 1. The van der Waals surface area contributed by atoms with Gasteiger partial charge in [0.1, 0.15) is 49.1 Å². The molecule has 5 aliphatic heterocycles. The van der Waals surface area contributed by atoms with Gasteiger partial charge in [0.05, 0.1) is 31.1 Å². The Morgan fingerprint density at radius 3 is 2.30 bits per heavy atom. The van der Waals surface area contributed by atoms with Gasteiger partial charge in [0.2, 0.25) is 12.4 Å². The van der Waals surface area contributed by atoms with E-state index in [0.717, 1.165) is 45.4 Å². The van der Waals surface area contributed by atoms with Crippen LogP contribution in [0.15, 0.2) is 29.3 Å². The van der Waals surface area contributed by atoms with E-state index in [2.05, 4.69) is 20.8 Å². The number of nitrogens with zero attached hydrogens (tertiary/aromatic N) is 1. The topological polar surface area (TPSA) is 252 Å². The highest BCUT2D eigenvalue weighted by molar-refractivity contribution is 5.92. The Morgan fingerprint density at radius 1 is 0.938 bits per heavy atom. The first-order chi connectivity index (χ1) is 30.4. The maximum atomic E-state index is 13.7. The summed E-state index contributed by atoms with van der Waals surface area (Å²) >= 11 is 0. The molecule has 6 fully saturated rings. The Labute approximate surface area is 368 Å². The summed E-state index contributed by atoms with van der Waals surface area (Å²) < 4.78 is 70.9. The van der Waals surface area contributed by atoms with Gasteiger partial charge < -0.3 is 62.6 Å². The number of cyclic esters (lactones) is 1. The Morgan fingerprint density at radius 2 is 1.64 bits per heavy atom. The van der Waals surface area contributed by atoms with Crippen molar-refractivity contribution in [2.24, 2.45) is 23.2 Å². The number of benzene rings is 1. The lowest BCUT2D eigenvalue weighted by atomic mass is 9.47. The fourth-order valence-electron chi connectivity index (χ4n) is 11.6. The molecule has 2 N–H and O–H groups in total. The van der Waals surface area contributed by atoms with Gasteiger partial charge in [-0.25, -0.2) is 14.4 Å². The third-order valence-corrected chi connectivity index (χ3v) is 14.5. The van der Waals surface area contributed by atoms with E-state index in [-0.39, 0.29) is 91.5 Å². The van der Waals surface area contributed by atoms with Gasteiger partial charge in [-0.3, -0.25) is 19.3 Å². The molecule has 15 atom stereocenters. The molecule has 0 aromatic heterocycles. The number of amides is 1. The van der Waals surface area contributed by atoms with Crippen LogP contribution in [0.2, 0.25) is 0 Å². The molecule has 20 heteroatoms. The average molecular weight is 899 g/mol. The quantitative estimate of drug-likeness (QED) is 0.0980. The van der Waals surface area contributed by atoms with Crippen LogP contribution in [0, 0.1) is 23.2 Å². The molecule has 1 aromatic carbocycles. The van der Waals surface area contributed by atoms with Crippen molar-refractivity contribution in [2.45, 2.75) is 140 Å². The van der Waals surface area contributed by atoms with E-state index in [1.807, 2.05) is 6.92 Å². The van der Waals surface area contributed by atoms with Gasteiger partial charge in [0.15, 0.2) is 18.3 Å². The summed E-state index contributed by atoms with van der Waals surface area (Å²) in [5, 5.41) is 0. The Bertz CT molecular complexity index is 2180. The predicted molar refractivity (Wildman–Crippen MR) is 212 cm³/mol. The fourth-order valence-corrected chi connectivity index (χ4v) is 11.6. The maximum Gasteiger partial charge on any atom is 0.411 e. The first kappa shape index (κ1) is 44.2. The number of anilines is 1. The van der Waals surface area contributed by atoms with E-state index >= 15 is 0 Å². The first-order valence-corrected chi connectivity index (χ1v) is 21.6. The number of fused-ring (bicyclic) bond motifs is 7. The van der Waals surface area contributed by atoms with E-state index in [9.17, 15) is 28.8 Å². The van der Waals surface area contributed by atoms with E-state index < -0.39 is 78.0 Å². The third kappa shape index (κ3) is 6.81. The molecule has 2 saturated carbocycles. The number of carbonyl (C=O) groups is 6. The molecule has 1 amide bonds. The van der Waals surface area contributed by atoms with Gasteiger partial charge in [0, 0.05) is 50.1 Å². The second-order valence-corrected chi connectivity index (χ2v) is 18.2. The molecular weight excluding hydrogens is 844 g/mol. The van der Waals surface area contributed by atoms with Crippen LogP contribution in [-0.2, 0) is 82.7 Å². The number of nitrogen functional groups attached to an aromatic ring is 1. The number of methoxy groups -OCH3 is 1. The minimum absolute atomic E-state index is 0.00369. The highest BCUT2D eigenvalue weighted by Gasteiger charge is 2.93. The van der Waals surface area contributed by atoms with Crippen molar-refractivity contribution in [1.82, 2.24) is 4.90 Å². The Balaban J connectivity index is 0.877. The van der Waals surface area contributed by atoms with Gasteiger partial charge in [-0.05, 0) is 49.0 Å². The summed E-state index contributed by atoms with van der Waals surface area (Å²) in [5.41, 5.74) is 7.19. The third-order valence-electron chi connectivity index (χ3n) is 14.5. The number of carbonyl (C=O) groups excluding carboxylic acids is 6. The average Bonchev–Trinajstić information content (AvgIpc) is 4.16. The van der Waals surface area contributed by atoms with Crippen LogP contribution >= 0.6 is 0 Å². The van der Waals surface area contributed by atoms with Gasteiger partial charge in [-0.1, -0.05) is 26.8 Å². The monoisotopic (exact) mass is 898 g/mol.